The van der Waals surface area contributed by atoms with E-state index in [0.29, 0.717) is 23.6 Å². The van der Waals surface area contributed by atoms with Crippen molar-refractivity contribution < 1.29 is 23.5 Å². The van der Waals surface area contributed by atoms with Gasteiger partial charge in [-0.3, -0.25) is 4.90 Å². The molecule has 12 heteroatoms. The Balaban J connectivity index is 0.00000324. The predicted octanol–water partition coefficient (Wildman–Crippen LogP) is 3.62. The van der Waals surface area contributed by atoms with Gasteiger partial charge in [-0.1, -0.05) is 6.08 Å². The second kappa shape index (κ2) is 10.7. The molecule has 0 aliphatic carbocycles. The van der Waals surface area contributed by atoms with E-state index in [2.05, 4.69) is 19.4 Å². The molecule has 1 aromatic carbocycles. The van der Waals surface area contributed by atoms with Crippen molar-refractivity contribution in [1.82, 2.24) is 14.1 Å². The van der Waals surface area contributed by atoms with Gasteiger partial charge >= 0.3 is 12.1 Å². The zero-order valence-electron chi connectivity index (χ0n) is 19.0. The van der Waals surface area contributed by atoms with Gasteiger partial charge in [0.15, 0.2) is 18.0 Å². The molecule has 1 saturated heterocycles. The fourth-order valence-electron chi connectivity index (χ4n) is 3.73. The first-order valence-corrected chi connectivity index (χ1v) is 11.4. The van der Waals surface area contributed by atoms with Gasteiger partial charge in [-0.15, -0.1) is 12.4 Å². The summed E-state index contributed by atoms with van der Waals surface area (Å²) in [7, 11) is 0. The van der Waals surface area contributed by atoms with Crippen molar-refractivity contribution in [2.75, 3.05) is 29.9 Å². The van der Waals surface area contributed by atoms with Crippen LogP contribution < -0.4 is 15.5 Å². The SMILES string of the molecule is CC(C)(C)OC(=O)C(Nc1cnsn1)[C@H]1CN(c2ccc(C3=CCNCC3)c(F)c2)C(=O)O1.Cl. The number of hydrogen-bond donors (Lipinski definition) is 2. The zero-order valence-corrected chi connectivity index (χ0v) is 20.7. The number of rotatable bonds is 6. The summed E-state index contributed by atoms with van der Waals surface area (Å²) >= 11 is 0.979. The maximum absolute atomic E-state index is 14.9. The van der Waals surface area contributed by atoms with Crippen molar-refractivity contribution in [3.05, 3.63) is 41.9 Å². The molecule has 2 aliphatic heterocycles. The molecular weight excluding hydrogens is 485 g/mol. The van der Waals surface area contributed by atoms with Crippen LogP contribution in [0.3, 0.4) is 0 Å². The summed E-state index contributed by atoms with van der Waals surface area (Å²) in [6, 6.07) is 3.67. The van der Waals surface area contributed by atoms with E-state index >= 15 is 0 Å². The van der Waals surface area contributed by atoms with Gasteiger partial charge in [0.2, 0.25) is 0 Å². The fourth-order valence-corrected chi connectivity index (χ4v) is 4.11. The van der Waals surface area contributed by atoms with Crippen LogP contribution in [0.2, 0.25) is 0 Å². The lowest BCUT2D eigenvalue weighted by molar-refractivity contribution is -0.157. The molecule has 0 spiro atoms. The van der Waals surface area contributed by atoms with Crippen molar-refractivity contribution in [1.29, 1.82) is 0 Å². The van der Waals surface area contributed by atoms with Crippen LogP contribution in [0.4, 0.5) is 20.7 Å². The van der Waals surface area contributed by atoms with Crippen molar-refractivity contribution in [3.8, 4) is 0 Å². The Morgan fingerprint density at radius 2 is 2.21 bits per heavy atom. The molecule has 0 bridgehead atoms. The molecule has 2 aromatic rings. The molecule has 2 N–H and O–H groups in total. The van der Waals surface area contributed by atoms with E-state index in [-0.39, 0.29) is 19.0 Å². The summed E-state index contributed by atoms with van der Waals surface area (Å²) in [5.41, 5.74) is 1.08. The van der Waals surface area contributed by atoms with E-state index in [0.717, 1.165) is 30.3 Å². The van der Waals surface area contributed by atoms with Gasteiger partial charge < -0.3 is 20.1 Å². The summed E-state index contributed by atoms with van der Waals surface area (Å²) in [6.07, 6.45) is 2.63. The number of esters is 1. The third-order valence-electron chi connectivity index (χ3n) is 5.21. The average molecular weight is 512 g/mol. The molecule has 9 nitrogen and oxygen atoms in total. The molecule has 0 saturated carbocycles. The van der Waals surface area contributed by atoms with Crippen LogP contribution in [0.25, 0.3) is 5.57 Å². The van der Waals surface area contributed by atoms with E-state index < -0.39 is 35.6 Å². The molecule has 0 radical (unpaired) electrons. The number of nitrogens with one attached hydrogen (secondary N) is 2. The van der Waals surface area contributed by atoms with E-state index in [4.69, 9.17) is 9.47 Å². The molecule has 3 heterocycles. The van der Waals surface area contributed by atoms with Gasteiger partial charge in [0.1, 0.15) is 11.4 Å². The summed E-state index contributed by atoms with van der Waals surface area (Å²) in [5.74, 6) is -0.627. The van der Waals surface area contributed by atoms with Crippen LogP contribution in [0.15, 0.2) is 30.5 Å². The monoisotopic (exact) mass is 511 g/mol. The number of carbonyl (C=O) groups excluding carboxylic acids is 2. The minimum atomic E-state index is -1.01. The maximum Gasteiger partial charge on any atom is 0.414 e. The van der Waals surface area contributed by atoms with Gasteiger partial charge in [-0.05, 0) is 57.5 Å². The number of nitrogens with zero attached hydrogens (tertiary/aromatic N) is 3. The number of carbonyl (C=O) groups is 2. The van der Waals surface area contributed by atoms with E-state index in [9.17, 15) is 14.0 Å². The lowest BCUT2D eigenvalue weighted by Crippen LogP contribution is -2.46. The van der Waals surface area contributed by atoms with Crippen LogP contribution in [-0.4, -0.2) is 58.2 Å². The van der Waals surface area contributed by atoms with Gasteiger partial charge in [0, 0.05) is 12.1 Å². The first-order valence-electron chi connectivity index (χ1n) is 10.7. The number of benzene rings is 1. The normalized spacial score (nSPS) is 19.1. The molecular formula is C22H27ClFN5O4S. The summed E-state index contributed by atoms with van der Waals surface area (Å²) in [4.78, 5) is 26.9. The molecule has 1 amide bonds. The van der Waals surface area contributed by atoms with Gasteiger partial charge in [0.05, 0.1) is 30.2 Å². The Kier molecular flexibility index (Phi) is 8.11. The van der Waals surface area contributed by atoms with Gasteiger partial charge in [0.25, 0.3) is 0 Å². The lowest BCUT2D eigenvalue weighted by Gasteiger charge is -2.26. The largest absolute Gasteiger partial charge is 0.458 e. The van der Waals surface area contributed by atoms with Crippen LogP contribution in [-0.2, 0) is 14.3 Å². The Hall–Kier alpha value is -2.76. The molecule has 184 valence electrons. The highest BCUT2D eigenvalue weighted by Gasteiger charge is 2.43. The van der Waals surface area contributed by atoms with Crippen molar-refractivity contribution in [2.45, 2.75) is 44.9 Å². The number of ether oxygens (including phenoxy) is 2. The Morgan fingerprint density at radius 1 is 1.41 bits per heavy atom. The quantitative estimate of drug-likeness (QED) is 0.566. The fraction of sp³-hybridized carbons (Fsp3) is 0.455. The number of hydrogen-bond acceptors (Lipinski definition) is 9. The number of amides is 1. The first kappa shape index (κ1) is 25.9. The minimum absolute atomic E-state index is 0. The lowest BCUT2D eigenvalue weighted by atomic mass is 9.99. The standard InChI is InChI=1S/C22H26FN5O4S.ClH/c1-22(2,3)32-20(29)19(26-18-11-25-33-27-18)17-12-28(21(30)31-17)14-4-5-15(16(23)10-14)13-6-8-24-9-7-13;/h4-6,10-11,17,19,24H,7-9,12H2,1-3H3,(H,26,27);1H/t17-,19?;/m1./s1. The molecule has 1 fully saturated rings. The average Bonchev–Trinajstić information content (AvgIpc) is 3.40. The molecule has 2 atom stereocenters. The topological polar surface area (TPSA) is 106 Å². The predicted molar refractivity (Wildman–Crippen MR) is 130 cm³/mol. The zero-order chi connectivity index (χ0) is 23.6. The second-order valence-electron chi connectivity index (χ2n) is 8.83. The van der Waals surface area contributed by atoms with Crippen molar-refractivity contribution >= 4 is 53.3 Å². The van der Waals surface area contributed by atoms with E-state index in [1.165, 1.54) is 17.2 Å². The van der Waals surface area contributed by atoms with Gasteiger partial charge in [-0.2, -0.15) is 8.75 Å². The third-order valence-corrected chi connectivity index (χ3v) is 5.68. The Bertz CT molecular complexity index is 1060. The molecule has 1 unspecified atom stereocenters. The summed E-state index contributed by atoms with van der Waals surface area (Å²) in [6.45, 7) is 6.79. The van der Waals surface area contributed by atoms with E-state index in [1.807, 2.05) is 6.08 Å². The molecule has 34 heavy (non-hydrogen) atoms. The highest BCUT2D eigenvalue weighted by atomic mass is 35.5. The summed E-state index contributed by atoms with van der Waals surface area (Å²) < 4.78 is 33.9. The van der Waals surface area contributed by atoms with E-state index in [1.54, 1.807) is 32.9 Å². The second-order valence-corrected chi connectivity index (χ2v) is 9.39. The molecule has 4 rings (SSSR count). The van der Waals surface area contributed by atoms with Gasteiger partial charge in [-0.25, -0.2) is 14.0 Å². The molecule has 2 aliphatic rings. The van der Waals surface area contributed by atoms with Crippen molar-refractivity contribution in [3.63, 3.8) is 0 Å². The van der Waals surface area contributed by atoms with Crippen LogP contribution in [0, 0.1) is 5.82 Å². The number of halogens is 2. The summed E-state index contributed by atoms with van der Waals surface area (Å²) in [5, 5.41) is 6.15. The highest BCUT2D eigenvalue weighted by Crippen LogP contribution is 2.30. The highest BCUT2D eigenvalue weighted by molar-refractivity contribution is 6.99. The van der Waals surface area contributed by atoms with Crippen molar-refractivity contribution in [2.24, 2.45) is 0 Å². The van der Waals surface area contributed by atoms with Crippen LogP contribution in [0.1, 0.15) is 32.8 Å². The number of cyclic esters (lactones) is 1. The molecule has 1 aromatic heterocycles. The number of aromatic nitrogens is 2. The van der Waals surface area contributed by atoms with Crippen LogP contribution in [0.5, 0.6) is 0 Å². The third kappa shape index (κ3) is 6.02. The maximum atomic E-state index is 14.9. The Morgan fingerprint density at radius 3 is 2.82 bits per heavy atom. The Labute approximate surface area is 207 Å². The smallest absolute Gasteiger partial charge is 0.414 e. The van der Waals surface area contributed by atoms with Crippen LogP contribution >= 0.6 is 24.1 Å². The number of anilines is 2. The first-order chi connectivity index (χ1) is 15.7. The minimum Gasteiger partial charge on any atom is -0.458 e.